The highest BCUT2D eigenvalue weighted by molar-refractivity contribution is 6.74. The molecule has 1 saturated heterocycles. The van der Waals surface area contributed by atoms with Gasteiger partial charge in [0, 0.05) is 12.5 Å². The third-order valence-electron chi connectivity index (χ3n) is 6.17. The molecule has 0 radical (unpaired) electrons. The van der Waals surface area contributed by atoms with Gasteiger partial charge in [0.1, 0.15) is 0 Å². The molecule has 0 aromatic rings. The van der Waals surface area contributed by atoms with Crippen molar-refractivity contribution in [3.63, 3.8) is 0 Å². The number of ether oxygens (including phenoxy) is 1. The summed E-state index contributed by atoms with van der Waals surface area (Å²) in [6.07, 6.45) is 3.02. The second kappa shape index (κ2) is 8.80. The Morgan fingerprint density at radius 1 is 1.04 bits per heavy atom. The molecule has 1 rings (SSSR count). The van der Waals surface area contributed by atoms with Crippen LogP contribution in [-0.4, -0.2) is 41.6 Å². The van der Waals surface area contributed by atoms with Gasteiger partial charge in [0.15, 0.2) is 16.6 Å². The topological polar surface area (TPSA) is 31.0 Å². The van der Waals surface area contributed by atoms with Gasteiger partial charge < -0.3 is 13.6 Å². The van der Waals surface area contributed by atoms with Crippen LogP contribution in [0.3, 0.4) is 0 Å². The maximum Gasteiger partial charge on any atom is 0.192 e. The van der Waals surface area contributed by atoms with Gasteiger partial charge in [0.2, 0.25) is 0 Å². The molecular formula is C19H42O3Si2. The van der Waals surface area contributed by atoms with Crippen LogP contribution in [0.25, 0.3) is 0 Å². The molecule has 0 saturated carbocycles. The van der Waals surface area contributed by atoms with Gasteiger partial charge in [-0.05, 0) is 49.6 Å². The molecule has 0 aromatic heterocycles. The van der Waals surface area contributed by atoms with Gasteiger partial charge in [-0.1, -0.05) is 41.5 Å². The van der Waals surface area contributed by atoms with Crippen LogP contribution in [0, 0.1) is 0 Å². The van der Waals surface area contributed by atoms with E-state index in [1.165, 1.54) is 18.1 Å². The standard InChI is InChI=1S/C19H42O3Si2/c1-10-24(11-2,12-3)22-17(14-18-15-20-18)13-16(4)21-23(8,9)19(5,6)7/h16-18H,10-15H2,1-9H3/t16-,17+,18-/m1/s1. The molecule has 0 unspecified atom stereocenters. The molecule has 0 aromatic carbocycles. The van der Waals surface area contributed by atoms with Crippen LogP contribution < -0.4 is 0 Å². The molecule has 0 N–H and O–H groups in total. The van der Waals surface area contributed by atoms with E-state index in [1.54, 1.807) is 0 Å². The predicted octanol–water partition coefficient (Wildman–Crippen LogP) is 5.97. The summed E-state index contributed by atoms with van der Waals surface area (Å²) in [6.45, 7) is 21.7. The van der Waals surface area contributed by atoms with Crippen LogP contribution in [-0.2, 0) is 13.6 Å². The molecule has 0 amide bonds. The minimum atomic E-state index is -1.72. The van der Waals surface area contributed by atoms with E-state index in [9.17, 15) is 0 Å². The molecular weight excluding hydrogens is 332 g/mol. The van der Waals surface area contributed by atoms with E-state index >= 15 is 0 Å². The SMILES string of the molecule is CC[Si](CC)(CC)O[C@H](C[C@@H]1CO1)C[C@@H](C)O[Si](C)(C)C(C)(C)C. The van der Waals surface area contributed by atoms with Crippen LogP contribution in [0.4, 0.5) is 0 Å². The fourth-order valence-corrected chi connectivity index (χ4v) is 7.50. The lowest BCUT2D eigenvalue weighted by Gasteiger charge is -2.40. The fourth-order valence-electron chi connectivity index (χ4n) is 3.14. The first-order chi connectivity index (χ1) is 11.0. The minimum Gasteiger partial charge on any atom is -0.414 e. The molecule has 144 valence electrons. The van der Waals surface area contributed by atoms with Crippen molar-refractivity contribution < 1.29 is 13.6 Å². The number of rotatable bonds is 11. The summed E-state index contributed by atoms with van der Waals surface area (Å²) in [5.41, 5.74) is 0. The van der Waals surface area contributed by atoms with Crippen LogP contribution in [0.5, 0.6) is 0 Å². The maximum absolute atomic E-state index is 6.80. The Kier molecular flexibility index (Phi) is 8.20. The van der Waals surface area contributed by atoms with Crippen molar-refractivity contribution in [2.24, 2.45) is 0 Å². The smallest absolute Gasteiger partial charge is 0.192 e. The third-order valence-corrected chi connectivity index (χ3v) is 15.5. The molecule has 3 atom stereocenters. The number of hydrogen-bond acceptors (Lipinski definition) is 3. The molecule has 1 aliphatic rings. The van der Waals surface area contributed by atoms with E-state index in [-0.39, 0.29) is 11.1 Å². The van der Waals surface area contributed by atoms with Gasteiger partial charge in [0.05, 0.1) is 18.8 Å². The van der Waals surface area contributed by atoms with Crippen molar-refractivity contribution in [2.75, 3.05) is 6.61 Å². The Balaban J connectivity index is 2.71. The zero-order valence-corrected chi connectivity index (χ0v) is 19.7. The molecule has 0 bridgehead atoms. The average molecular weight is 375 g/mol. The van der Waals surface area contributed by atoms with Crippen molar-refractivity contribution in [1.29, 1.82) is 0 Å². The quantitative estimate of drug-likeness (QED) is 0.330. The summed E-state index contributed by atoms with van der Waals surface area (Å²) >= 11 is 0. The van der Waals surface area contributed by atoms with E-state index in [0.29, 0.717) is 12.2 Å². The van der Waals surface area contributed by atoms with E-state index in [1.807, 2.05) is 0 Å². The van der Waals surface area contributed by atoms with Gasteiger partial charge in [0.25, 0.3) is 0 Å². The zero-order valence-electron chi connectivity index (χ0n) is 17.7. The molecule has 1 fully saturated rings. The van der Waals surface area contributed by atoms with Gasteiger partial charge >= 0.3 is 0 Å². The molecule has 24 heavy (non-hydrogen) atoms. The summed E-state index contributed by atoms with van der Waals surface area (Å²) in [6, 6.07) is 3.62. The average Bonchev–Trinajstić information content (AvgIpc) is 3.26. The summed E-state index contributed by atoms with van der Waals surface area (Å²) in [5, 5.41) is 0.256. The fraction of sp³-hybridized carbons (Fsp3) is 1.00. The molecule has 1 heterocycles. The van der Waals surface area contributed by atoms with Crippen molar-refractivity contribution in [1.82, 2.24) is 0 Å². The van der Waals surface area contributed by atoms with Crippen LogP contribution in [0.15, 0.2) is 0 Å². The second-order valence-corrected chi connectivity index (χ2v) is 18.6. The Morgan fingerprint density at radius 3 is 1.92 bits per heavy atom. The number of hydrogen-bond donors (Lipinski definition) is 0. The Bertz CT molecular complexity index is 363. The molecule has 0 spiro atoms. The summed E-state index contributed by atoms with van der Waals surface area (Å²) in [7, 11) is -3.30. The van der Waals surface area contributed by atoms with Crippen molar-refractivity contribution in [2.45, 2.75) is 116 Å². The lowest BCUT2D eigenvalue weighted by Crippen LogP contribution is -2.45. The van der Waals surface area contributed by atoms with Crippen molar-refractivity contribution >= 4 is 16.6 Å². The highest BCUT2D eigenvalue weighted by atomic mass is 28.4. The van der Waals surface area contributed by atoms with Gasteiger partial charge in [-0.15, -0.1) is 0 Å². The summed E-state index contributed by atoms with van der Waals surface area (Å²) in [4.78, 5) is 0. The first-order valence-electron chi connectivity index (χ1n) is 9.95. The number of epoxide rings is 1. The molecule has 0 aliphatic carbocycles. The Hall–Kier alpha value is 0.314. The van der Waals surface area contributed by atoms with E-state index < -0.39 is 16.6 Å². The van der Waals surface area contributed by atoms with Crippen molar-refractivity contribution in [3.8, 4) is 0 Å². The van der Waals surface area contributed by atoms with Gasteiger partial charge in [-0.2, -0.15) is 0 Å². The van der Waals surface area contributed by atoms with Gasteiger partial charge in [-0.25, -0.2) is 0 Å². The minimum absolute atomic E-state index is 0.256. The molecule has 5 heteroatoms. The Morgan fingerprint density at radius 2 is 1.54 bits per heavy atom. The zero-order chi connectivity index (χ0) is 18.6. The largest absolute Gasteiger partial charge is 0.414 e. The van der Waals surface area contributed by atoms with E-state index in [2.05, 4.69) is 61.6 Å². The summed E-state index contributed by atoms with van der Waals surface area (Å²) in [5.74, 6) is 0. The van der Waals surface area contributed by atoms with Gasteiger partial charge in [-0.3, -0.25) is 0 Å². The highest BCUT2D eigenvalue weighted by Crippen LogP contribution is 2.38. The lowest BCUT2D eigenvalue weighted by molar-refractivity contribution is 0.0926. The first-order valence-corrected chi connectivity index (χ1v) is 15.4. The molecule has 1 aliphatic heterocycles. The normalized spacial score (nSPS) is 21.6. The van der Waals surface area contributed by atoms with Crippen LogP contribution in [0.1, 0.15) is 61.3 Å². The first kappa shape index (κ1) is 22.4. The summed E-state index contributed by atoms with van der Waals surface area (Å²) < 4.78 is 18.9. The predicted molar refractivity (Wildman–Crippen MR) is 109 cm³/mol. The maximum atomic E-state index is 6.80. The van der Waals surface area contributed by atoms with Crippen molar-refractivity contribution in [3.05, 3.63) is 0 Å². The van der Waals surface area contributed by atoms with Crippen LogP contribution >= 0.6 is 0 Å². The lowest BCUT2D eigenvalue weighted by atomic mass is 10.1. The third kappa shape index (κ3) is 6.56. The monoisotopic (exact) mass is 374 g/mol. The second-order valence-electron chi connectivity index (χ2n) is 9.10. The Labute approximate surface area is 153 Å². The molecule has 3 nitrogen and oxygen atoms in total. The highest BCUT2D eigenvalue weighted by Gasteiger charge is 2.40. The van der Waals surface area contributed by atoms with E-state index in [0.717, 1.165) is 19.4 Å². The van der Waals surface area contributed by atoms with Crippen LogP contribution in [0.2, 0.25) is 36.3 Å². The van der Waals surface area contributed by atoms with E-state index in [4.69, 9.17) is 13.6 Å².